The molecule has 0 aliphatic heterocycles. The van der Waals surface area contributed by atoms with E-state index >= 15 is 0 Å². The van der Waals surface area contributed by atoms with Gasteiger partial charge in [0.15, 0.2) is 0 Å². The van der Waals surface area contributed by atoms with Gasteiger partial charge in [0.05, 0.1) is 18.1 Å². The minimum absolute atomic E-state index is 0.0284. The van der Waals surface area contributed by atoms with Crippen LogP contribution in [0.5, 0.6) is 0 Å². The van der Waals surface area contributed by atoms with E-state index in [4.69, 9.17) is 5.11 Å². The zero-order valence-corrected chi connectivity index (χ0v) is 17.3. The Balaban J connectivity index is 1.44. The highest BCUT2D eigenvalue weighted by Gasteiger charge is 2.43. The number of rotatable bonds is 11. The van der Waals surface area contributed by atoms with Crippen LogP contribution in [0.4, 0.5) is 0 Å². The summed E-state index contributed by atoms with van der Waals surface area (Å²) in [6, 6.07) is 0. The van der Waals surface area contributed by atoms with Crippen molar-refractivity contribution in [1.29, 1.82) is 0 Å². The fraction of sp³-hybridized carbons (Fsp3) is 0.792. The third-order valence-corrected chi connectivity index (χ3v) is 7.72. The molecule has 0 amide bonds. The van der Waals surface area contributed by atoms with Gasteiger partial charge in [0.2, 0.25) is 0 Å². The number of allylic oxidation sites excluding steroid dienone is 3. The maximum Gasteiger partial charge on any atom is 0.306 e. The molecule has 1 unspecified atom stereocenters. The van der Waals surface area contributed by atoms with Gasteiger partial charge in [-0.2, -0.15) is 0 Å². The number of hydrogen-bond donors (Lipinski definition) is 3. The lowest BCUT2D eigenvalue weighted by Crippen LogP contribution is -2.40. The lowest BCUT2D eigenvalue weighted by atomic mass is 9.63. The second-order valence-corrected chi connectivity index (χ2v) is 9.52. The SMILES string of the molecule is CC=CCC1(C(O)C=C[C@H]2CC[C@H](O)[C@@H]2CCCC[C@@H]2C[C@H]2C(=O)O)CCC1. The monoisotopic (exact) mass is 390 g/mol. The molecule has 0 saturated heterocycles. The first-order chi connectivity index (χ1) is 13.5. The molecule has 4 heteroatoms. The Kier molecular flexibility index (Phi) is 7.38. The van der Waals surface area contributed by atoms with Crippen molar-refractivity contribution in [2.45, 2.75) is 89.8 Å². The van der Waals surface area contributed by atoms with Crippen LogP contribution in [0.15, 0.2) is 24.3 Å². The van der Waals surface area contributed by atoms with Crippen molar-refractivity contribution in [1.82, 2.24) is 0 Å². The number of aliphatic hydroxyl groups is 2. The molecule has 4 nitrogen and oxygen atoms in total. The largest absolute Gasteiger partial charge is 0.481 e. The molecule has 158 valence electrons. The van der Waals surface area contributed by atoms with Crippen LogP contribution in [-0.4, -0.2) is 33.5 Å². The molecule has 0 radical (unpaired) electrons. The average molecular weight is 391 g/mol. The summed E-state index contributed by atoms with van der Waals surface area (Å²) in [7, 11) is 0. The summed E-state index contributed by atoms with van der Waals surface area (Å²) in [5.74, 6) is 0.281. The van der Waals surface area contributed by atoms with Gasteiger partial charge in [-0.1, -0.05) is 43.6 Å². The van der Waals surface area contributed by atoms with E-state index in [1.165, 1.54) is 6.42 Å². The van der Waals surface area contributed by atoms with E-state index in [0.717, 1.165) is 64.2 Å². The fourth-order valence-corrected chi connectivity index (χ4v) is 5.43. The van der Waals surface area contributed by atoms with Crippen LogP contribution in [0, 0.1) is 29.1 Å². The highest BCUT2D eigenvalue weighted by Crippen LogP contribution is 2.48. The Morgan fingerprint density at radius 3 is 2.57 bits per heavy atom. The predicted octanol–water partition coefficient (Wildman–Crippen LogP) is 4.71. The Labute approximate surface area is 169 Å². The number of hydrogen-bond acceptors (Lipinski definition) is 3. The van der Waals surface area contributed by atoms with Crippen LogP contribution in [-0.2, 0) is 4.79 Å². The van der Waals surface area contributed by atoms with E-state index < -0.39 is 12.1 Å². The van der Waals surface area contributed by atoms with E-state index in [1.54, 1.807) is 0 Å². The Hall–Kier alpha value is -1.13. The summed E-state index contributed by atoms with van der Waals surface area (Å²) in [5.41, 5.74) is 0.0284. The van der Waals surface area contributed by atoms with Crippen LogP contribution in [0.25, 0.3) is 0 Å². The Morgan fingerprint density at radius 2 is 1.96 bits per heavy atom. The van der Waals surface area contributed by atoms with Crippen molar-refractivity contribution >= 4 is 5.97 Å². The molecule has 0 aromatic rings. The molecule has 6 atom stereocenters. The third kappa shape index (κ3) is 5.07. The molecule has 0 spiro atoms. The molecule has 0 aromatic carbocycles. The van der Waals surface area contributed by atoms with Crippen molar-refractivity contribution < 1.29 is 20.1 Å². The number of aliphatic hydroxyl groups excluding tert-OH is 2. The van der Waals surface area contributed by atoms with Gasteiger partial charge in [0.25, 0.3) is 0 Å². The zero-order valence-electron chi connectivity index (χ0n) is 17.3. The summed E-state index contributed by atoms with van der Waals surface area (Å²) in [4.78, 5) is 10.9. The van der Waals surface area contributed by atoms with E-state index in [9.17, 15) is 15.0 Å². The van der Waals surface area contributed by atoms with Gasteiger partial charge in [-0.15, -0.1) is 0 Å². The van der Waals surface area contributed by atoms with Gasteiger partial charge in [-0.3, -0.25) is 4.79 Å². The van der Waals surface area contributed by atoms with Crippen LogP contribution < -0.4 is 0 Å². The molecule has 3 aliphatic carbocycles. The van der Waals surface area contributed by atoms with Crippen LogP contribution >= 0.6 is 0 Å². The molecule has 3 fully saturated rings. The van der Waals surface area contributed by atoms with Crippen LogP contribution in [0.2, 0.25) is 0 Å². The molecule has 3 rings (SSSR count). The topological polar surface area (TPSA) is 77.8 Å². The maximum atomic E-state index is 10.9. The highest BCUT2D eigenvalue weighted by molar-refractivity contribution is 5.73. The summed E-state index contributed by atoms with van der Waals surface area (Å²) in [6.45, 7) is 2.03. The van der Waals surface area contributed by atoms with Gasteiger partial charge < -0.3 is 15.3 Å². The highest BCUT2D eigenvalue weighted by atomic mass is 16.4. The molecule has 3 saturated carbocycles. The smallest absolute Gasteiger partial charge is 0.306 e. The minimum atomic E-state index is -0.640. The normalized spacial score (nSPS) is 35.3. The zero-order chi connectivity index (χ0) is 20.1. The quantitative estimate of drug-likeness (QED) is 0.353. The standard InChI is InChI=1S/C24H38O4/c1-2-3-13-24(14-6-15-24)22(26)12-10-17-9-11-21(25)19(17)8-5-4-7-18-16-20(18)23(27)28/h2-3,10,12,17-22,25-26H,4-9,11,13-16H2,1H3,(H,27,28)/t17-,18-,19-,20-,21+,22?/m1/s1. The van der Waals surface area contributed by atoms with Crippen molar-refractivity contribution in [3.8, 4) is 0 Å². The van der Waals surface area contributed by atoms with E-state index in [-0.39, 0.29) is 23.4 Å². The molecule has 3 N–H and O–H groups in total. The molecule has 28 heavy (non-hydrogen) atoms. The molecular formula is C24H38O4. The minimum Gasteiger partial charge on any atom is -0.481 e. The summed E-state index contributed by atoms with van der Waals surface area (Å²) < 4.78 is 0. The fourth-order valence-electron chi connectivity index (χ4n) is 5.43. The van der Waals surface area contributed by atoms with Crippen molar-refractivity contribution in [3.63, 3.8) is 0 Å². The molecule has 0 aromatic heterocycles. The first-order valence-corrected chi connectivity index (χ1v) is 11.4. The third-order valence-electron chi connectivity index (χ3n) is 7.72. The summed E-state index contributed by atoms with van der Waals surface area (Å²) in [5, 5.41) is 30.2. The lowest BCUT2D eigenvalue weighted by molar-refractivity contribution is -0.138. The number of carboxylic acids is 1. The Morgan fingerprint density at radius 1 is 1.21 bits per heavy atom. The van der Waals surface area contributed by atoms with Crippen molar-refractivity contribution in [2.24, 2.45) is 29.1 Å². The van der Waals surface area contributed by atoms with Gasteiger partial charge in [-0.05, 0) is 76.0 Å². The predicted molar refractivity (Wildman–Crippen MR) is 111 cm³/mol. The molecule has 3 aliphatic rings. The molecule has 0 heterocycles. The second-order valence-electron chi connectivity index (χ2n) is 9.52. The lowest BCUT2D eigenvalue weighted by Gasteiger charge is -2.44. The number of aliphatic carboxylic acids is 1. The van der Waals surface area contributed by atoms with E-state index in [0.29, 0.717) is 11.8 Å². The summed E-state index contributed by atoms with van der Waals surface area (Å²) in [6.07, 6.45) is 19.0. The molecule has 0 bridgehead atoms. The van der Waals surface area contributed by atoms with Crippen LogP contribution in [0.3, 0.4) is 0 Å². The molecular weight excluding hydrogens is 352 g/mol. The summed E-state index contributed by atoms with van der Waals surface area (Å²) >= 11 is 0. The second kappa shape index (κ2) is 9.58. The maximum absolute atomic E-state index is 10.9. The Bertz CT molecular complexity index is 577. The van der Waals surface area contributed by atoms with Gasteiger partial charge >= 0.3 is 5.97 Å². The first kappa shape index (κ1) is 21.6. The van der Waals surface area contributed by atoms with E-state index in [1.807, 2.05) is 13.0 Å². The first-order valence-electron chi connectivity index (χ1n) is 11.4. The van der Waals surface area contributed by atoms with Gasteiger partial charge in [0.1, 0.15) is 0 Å². The van der Waals surface area contributed by atoms with E-state index in [2.05, 4.69) is 18.2 Å². The van der Waals surface area contributed by atoms with Crippen molar-refractivity contribution in [3.05, 3.63) is 24.3 Å². The van der Waals surface area contributed by atoms with Crippen LogP contribution in [0.1, 0.15) is 77.6 Å². The number of unbranched alkanes of at least 4 members (excludes halogenated alkanes) is 1. The average Bonchev–Trinajstić information content (AvgIpc) is 3.33. The van der Waals surface area contributed by atoms with Crippen molar-refractivity contribution in [2.75, 3.05) is 0 Å². The van der Waals surface area contributed by atoms with Gasteiger partial charge in [0, 0.05) is 5.41 Å². The number of carboxylic acid groups (broad SMARTS) is 1. The number of carbonyl (C=O) groups is 1. The van der Waals surface area contributed by atoms with Gasteiger partial charge in [-0.25, -0.2) is 0 Å².